The number of benzene rings is 1. The average molecular weight is 343 g/mol. The molecule has 0 amide bonds. The number of nitrogens with two attached hydrogens (primary N) is 1. The van der Waals surface area contributed by atoms with Gasteiger partial charge in [0.25, 0.3) is 0 Å². The zero-order valence-electron chi connectivity index (χ0n) is 10.6. The van der Waals surface area contributed by atoms with E-state index in [0.29, 0.717) is 18.3 Å². The van der Waals surface area contributed by atoms with Gasteiger partial charge in [-0.2, -0.15) is 0 Å². The second-order valence-corrected chi connectivity index (χ2v) is 5.71. The van der Waals surface area contributed by atoms with Crippen molar-refractivity contribution < 1.29 is 9.47 Å². The maximum Gasteiger partial charge on any atom is 0.180 e. The Hall–Kier alpha value is -1.11. The quantitative estimate of drug-likeness (QED) is 0.815. The van der Waals surface area contributed by atoms with E-state index in [0.717, 1.165) is 27.9 Å². The number of aromatic nitrogens is 1. The summed E-state index contributed by atoms with van der Waals surface area (Å²) < 4.78 is 11.8. The van der Waals surface area contributed by atoms with E-state index >= 15 is 0 Å². The van der Waals surface area contributed by atoms with E-state index in [1.807, 2.05) is 23.6 Å². The Balaban J connectivity index is 2.18. The fourth-order valence-electron chi connectivity index (χ4n) is 1.62. The number of methoxy groups -OCH3 is 1. The van der Waals surface area contributed by atoms with E-state index in [9.17, 15) is 0 Å². The van der Waals surface area contributed by atoms with Gasteiger partial charge in [-0.15, -0.1) is 11.3 Å². The average Bonchev–Trinajstić information content (AvgIpc) is 2.81. The highest BCUT2D eigenvalue weighted by Crippen LogP contribution is 2.33. The second kappa shape index (κ2) is 6.88. The van der Waals surface area contributed by atoms with Crippen molar-refractivity contribution in [3.05, 3.63) is 28.1 Å². The summed E-state index contributed by atoms with van der Waals surface area (Å²) in [6.45, 7) is 1.30. The minimum atomic E-state index is 0.559. The van der Waals surface area contributed by atoms with Crippen molar-refractivity contribution in [1.82, 2.24) is 4.98 Å². The van der Waals surface area contributed by atoms with Crippen molar-refractivity contribution in [2.24, 2.45) is 0 Å². The van der Waals surface area contributed by atoms with Gasteiger partial charge in [-0.3, -0.25) is 0 Å². The van der Waals surface area contributed by atoms with Crippen LogP contribution in [0.2, 0.25) is 0 Å². The molecule has 0 aliphatic heterocycles. The van der Waals surface area contributed by atoms with Gasteiger partial charge in [0, 0.05) is 35.6 Å². The van der Waals surface area contributed by atoms with E-state index < -0.39 is 0 Å². The molecule has 102 valence electrons. The largest absolute Gasteiger partial charge is 0.493 e. The minimum absolute atomic E-state index is 0.559. The lowest BCUT2D eigenvalue weighted by atomic mass is 10.1. The van der Waals surface area contributed by atoms with E-state index in [2.05, 4.69) is 20.9 Å². The van der Waals surface area contributed by atoms with Gasteiger partial charge in [0.15, 0.2) is 5.13 Å². The molecule has 0 radical (unpaired) electrons. The lowest BCUT2D eigenvalue weighted by Gasteiger charge is -2.10. The standard InChI is InChI=1S/C13H15BrN2O2S/c1-17-5-2-6-18-12-7-9(14)3-4-10(12)11-8-19-13(15)16-11/h3-4,7-8H,2,5-6H2,1H3,(H2,15,16). The van der Waals surface area contributed by atoms with Gasteiger partial charge >= 0.3 is 0 Å². The van der Waals surface area contributed by atoms with Gasteiger partial charge < -0.3 is 15.2 Å². The summed E-state index contributed by atoms with van der Waals surface area (Å²) in [6.07, 6.45) is 0.849. The number of rotatable bonds is 6. The van der Waals surface area contributed by atoms with Crippen LogP contribution in [0, 0.1) is 0 Å². The van der Waals surface area contributed by atoms with Gasteiger partial charge in [-0.05, 0) is 18.2 Å². The Morgan fingerprint density at radius 3 is 2.89 bits per heavy atom. The number of nitrogen functional groups attached to an aromatic ring is 1. The molecular weight excluding hydrogens is 328 g/mol. The summed E-state index contributed by atoms with van der Waals surface area (Å²) in [7, 11) is 1.68. The molecule has 2 rings (SSSR count). The first-order chi connectivity index (χ1) is 9.20. The smallest absolute Gasteiger partial charge is 0.180 e. The van der Waals surface area contributed by atoms with Crippen LogP contribution in [0.25, 0.3) is 11.3 Å². The molecule has 0 saturated heterocycles. The van der Waals surface area contributed by atoms with Crippen molar-refractivity contribution in [1.29, 1.82) is 0 Å². The van der Waals surface area contributed by atoms with E-state index in [-0.39, 0.29) is 0 Å². The number of anilines is 1. The normalized spacial score (nSPS) is 10.6. The van der Waals surface area contributed by atoms with Crippen LogP contribution in [0.1, 0.15) is 6.42 Å². The highest BCUT2D eigenvalue weighted by atomic mass is 79.9. The molecule has 6 heteroatoms. The first-order valence-corrected chi connectivity index (χ1v) is 7.50. The molecule has 0 fully saturated rings. The molecule has 19 heavy (non-hydrogen) atoms. The first-order valence-electron chi connectivity index (χ1n) is 5.83. The maximum absolute atomic E-state index is 5.80. The molecule has 1 aromatic carbocycles. The third kappa shape index (κ3) is 3.92. The third-order valence-electron chi connectivity index (χ3n) is 2.49. The molecule has 0 unspecified atom stereocenters. The minimum Gasteiger partial charge on any atom is -0.493 e. The van der Waals surface area contributed by atoms with E-state index in [4.69, 9.17) is 15.2 Å². The molecular formula is C13H15BrN2O2S. The number of halogens is 1. The highest BCUT2D eigenvalue weighted by Gasteiger charge is 2.10. The molecule has 2 N–H and O–H groups in total. The number of ether oxygens (including phenoxy) is 2. The molecule has 0 spiro atoms. The second-order valence-electron chi connectivity index (χ2n) is 3.91. The summed E-state index contributed by atoms with van der Waals surface area (Å²) in [5.74, 6) is 0.802. The van der Waals surface area contributed by atoms with Gasteiger partial charge in [0.05, 0.1) is 12.3 Å². The third-order valence-corrected chi connectivity index (χ3v) is 3.66. The number of thiazole rings is 1. The summed E-state index contributed by atoms with van der Waals surface area (Å²) in [6, 6.07) is 5.88. The summed E-state index contributed by atoms with van der Waals surface area (Å²) in [5, 5.41) is 2.49. The van der Waals surface area contributed by atoms with Crippen LogP contribution < -0.4 is 10.5 Å². The maximum atomic E-state index is 5.80. The number of hydrogen-bond donors (Lipinski definition) is 1. The predicted molar refractivity (Wildman–Crippen MR) is 81.7 cm³/mol. The Morgan fingerprint density at radius 1 is 1.37 bits per heavy atom. The topological polar surface area (TPSA) is 57.4 Å². The van der Waals surface area contributed by atoms with Crippen molar-refractivity contribution in [2.45, 2.75) is 6.42 Å². The van der Waals surface area contributed by atoms with Crippen LogP contribution in [-0.4, -0.2) is 25.3 Å². The molecule has 0 aliphatic rings. The lowest BCUT2D eigenvalue weighted by Crippen LogP contribution is -2.02. The SMILES string of the molecule is COCCCOc1cc(Br)ccc1-c1csc(N)n1. The first kappa shape index (κ1) is 14.3. The number of nitrogens with zero attached hydrogens (tertiary/aromatic N) is 1. The summed E-state index contributed by atoms with van der Waals surface area (Å²) >= 11 is 4.87. The Morgan fingerprint density at radius 2 is 2.21 bits per heavy atom. The zero-order valence-corrected chi connectivity index (χ0v) is 13.0. The van der Waals surface area contributed by atoms with Gasteiger partial charge in [-0.25, -0.2) is 4.98 Å². The van der Waals surface area contributed by atoms with Crippen molar-refractivity contribution >= 4 is 32.4 Å². The fraction of sp³-hybridized carbons (Fsp3) is 0.308. The van der Waals surface area contributed by atoms with Crippen LogP contribution in [0.5, 0.6) is 5.75 Å². The Bertz CT molecular complexity index is 545. The van der Waals surface area contributed by atoms with Crippen molar-refractivity contribution in [3.8, 4) is 17.0 Å². The van der Waals surface area contributed by atoms with Crippen molar-refractivity contribution in [2.75, 3.05) is 26.1 Å². The van der Waals surface area contributed by atoms with Gasteiger partial charge in [0.1, 0.15) is 5.75 Å². The van der Waals surface area contributed by atoms with E-state index in [1.165, 1.54) is 11.3 Å². The zero-order chi connectivity index (χ0) is 13.7. The molecule has 0 saturated carbocycles. The lowest BCUT2D eigenvalue weighted by molar-refractivity contribution is 0.172. The number of hydrogen-bond acceptors (Lipinski definition) is 5. The Kier molecular flexibility index (Phi) is 5.18. The van der Waals surface area contributed by atoms with Crippen LogP contribution in [0.3, 0.4) is 0 Å². The monoisotopic (exact) mass is 342 g/mol. The molecule has 0 aliphatic carbocycles. The molecule has 2 aromatic rings. The highest BCUT2D eigenvalue weighted by molar-refractivity contribution is 9.10. The summed E-state index contributed by atoms with van der Waals surface area (Å²) in [4.78, 5) is 4.29. The molecule has 0 bridgehead atoms. The predicted octanol–water partition coefficient (Wildman–Crippen LogP) is 3.57. The van der Waals surface area contributed by atoms with Gasteiger partial charge in [-0.1, -0.05) is 15.9 Å². The Labute approximate surface area is 124 Å². The molecule has 4 nitrogen and oxygen atoms in total. The van der Waals surface area contributed by atoms with Crippen molar-refractivity contribution in [3.63, 3.8) is 0 Å². The van der Waals surface area contributed by atoms with E-state index in [1.54, 1.807) is 7.11 Å². The van der Waals surface area contributed by atoms with Crippen LogP contribution in [-0.2, 0) is 4.74 Å². The molecule has 0 atom stereocenters. The fourth-order valence-corrected chi connectivity index (χ4v) is 2.53. The van der Waals surface area contributed by atoms with Crippen LogP contribution in [0.4, 0.5) is 5.13 Å². The van der Waals surface area contributed by atoms with Crippen LogP contribution >= 0.6 is 27.3 Å². The molecule has 1 heterocycles. The van der Waals surface area contributed by atoms with Crippen LogP contribution in [0.15, 0.2) is 28.1 Å². The summed E-state index contributed by atoms with van der Waals surface area (Å²) in [5.41, 5.74) is 7.47. The molecule has 1 aromatic heterocycles. The van der Waals surface area contributed by atoms with Gasteiger partial charge in [0.2, 0.25) is 0 Å².